The maximum atomic E-state index is 13.3. The van der Waals surface area contributed by atoms with E-state index in [1.165, 1.54) is 6.21 Å². The van der Waals surface area contributed by atoms with Gasteiger partial charge in [-0.2, -0.15) is 0 Å². The third-order valence-corrected chi connectivity index (χ3v) is 2.50. The molecule has 5 nitrogen and oxygen atoms in total. The monoisotopic (exact) mass is 300 g/mol. The molecule has 20 heavy (non-hydrogen) atoms. The standard InChI is InChI=1S/C13H14ClFN2O3/c1-3-16-7-9(13(19)20-4-2)11(18)8-5-10(15)12(14)17-6-8/h5-7,18H,3-4H2,1-2H3. The van der Waals surface area contributed by atoms with E-state index in [0.717, 1.165) is 12.3 Å². The number of pyridine rings is 1. The maximum absolute atomic E-state index is 13.3. The Morgan fingerprint density at radius 1 is 1.60 bits per heavy atom. The Morgan fingerprint density at radius 2 is 2.30 bits per heavy atom. The highest BCUT2D eigenvalue weighted by Crippen LogP contribution is 2.19. The van der Waals surface area contributed by atoms with Gasteiger partial charge in [0.2, 0.25) is 0 Å². The van der Waals surface area contributed by atoms with E-state index in [4.69, 9.17) is 16.3 Å². The number of aliphatic hydroxyl groups excluding tert-OH is 1. The van der Waals surface area contributed by atoms with Crippen LogP contribution in [0, 0.1) is 5.82 Å². The quantitative estimate of drug-likeness (QED) is 0.298. The number of carbonyl (C=O) groups is 1. The van der Waals surface area contributed by atoms with E-state index in [0.29, 0.717) is 6.54 Å². The zero-order valence-electron chi connectivity index (χ0n) is 11.1. The first-order chi connectivity index (χ1) is 9.51. The molecular formula is C13H14ClFN2O3. The highest BCUT2D eigenvalue weighted by molar-refractivity contribution is 6.29. The van der Waals surface area contributed by atoms with E-state index >= 15 is 0 Å². The van der Waals surface area contributed by atoms with Crippen molar-refractivity contribution >= 4 is 29.5 Å². The van der Waals surface area contributed by atoms with Crippen molar-refractivity contribution in [1.29, 1.82) is 0 Å². The highest BCUT2D eigenvalue weighted by Gasteiger charge is 2.17. The van der Waals surface area contributed by atoms with Crippen LogP contribution in [0.4, 0.5) is 4.39 Å². The second-order valence-corrected chi connectivity index (χ2v) is 3.97. The molecule has 0 amide bonds. The van der Waals surface area contributed by atoms with Crippen molar-refractivity contribution in [2.24, 2.45) is 4.99 Å². The molecule has 1 aromatic rings. The van der Waals surface area contributed by atoms with Gasteiger partial charge in [-0.25, -0.2) is 14.2 Å². The number of aliphatic imine (C=N–C) groups is 1. The summed E-state index contributed by atoms with van der Waals surface area (Å²) in [6.07, 6.45) is 2.33. The molecule has 108 valence electrons. The number of hydrogen-bond acceptors (Lipinski definition) is 5. The van der Waals surface area contributed by atoms with Crippen LogP contribution in [0.25, 0.3) is 5.76 Å². The summed E-state index contributed by atoms with van der Waals surface area (Å²) in [6.45, 7) is 3.96. The molecule has 0 aliphatic carbocycles. The van der Waals surface area contributed by atoms with E-state index < -0.39 is 17.5 Å². The van der Waals surface area contributed by atoms with Crippen LogP contribution >= 0.6 is 11.6 Å². The van der Waals surface area contributed by atoms with Crippen molar-refractivity contribution in [1.82, 2.24) is 4.98 Å². The van der Waals surface area contributed by atoms with Crippen molar-refractivity contribution in [2.75, 3.05) is 13.2 Å². The minimum atomic E-state index is -0.800. The fourth-order valence-corrected chi connectivity index (χ4v) is 1.41. The van der Waals surface area contributed by atoms with Crippen LogP contribution in [0.3, 0.4) is 0 Å². The van der Waals surface area contributed by atoms with E-state index in [1.54, 1.807) is 13.8 Å². The van der Waals surface area contributed by atoms with Gasteiger partial charge in [-0.05, 0) is 19.9 Å². The van der Waals surface area contributed by atoms with Crippen molar-refractivity contribution in [3.63, 3.8) is 0 Å². The van der Waals surface area contributed by atoms with Gasteiger partial charge in [0.15, 0.2) is 11.0 Å². The van der Waals surface area contributed by atoms with Gasteiger partial charge in [-0.1, -0.05) is 11.6 Å². The molecule has 0 aromatic carbocycles. The average Bonchev–Trinajstić information content (AvgIpc) is 2.42. The molecule has 0 radical (unpaired) electrons. The molecule has 0 unspecified atom stereocenters. The molecule has 0 bridgehead atoms. The van der Waals surface area contributed by atoms with Gasteiger partial charge in [0, 0.05) is 24.5 Å². The lowest BCUT2D eigenvalue weighted by molar-refractivity contribution is -0.137. The summed E-state index contributed by atoms with van der Waals surface area (Å²) < 4.78 is 18.1. The fourth-order valence-electron chi connectivity index (χ4n) is 1.31. The number of nitrogens with zero attached hydrogens (tertiary/aromatic N) is 2. The van der Waals surface area contributed by atoms with Crippen molar-refractivity contribution in [3.8, 4) is 0 Å². The SMILES string of the molecule is CCN=CC(C(=O)OCC)=C(O)c1cnc(Cl)c(F)c1. The Labute approximate surface area is 120 Å². The number of rotatable bonds is 5. The lowest BCUT2D eigenvalue weighted by atomic mass is 10.1. The summed E-state index contributed by atoms with van der Waals surface area (Å²) in [4.78, 5) is 19.2. The minimum Gasteiger partial charge on any atom is -0.506 e. The van der Waals surface area contributed by atoms with Crippen LogP contribution in [-0.2, 0) is 9.53 Å². The molecule has 1 N–H and O–H groups in total. The molecular weight excluding hydrogens is 287 g/mol. The fraction of sp³-hybridized carbons (Fsp3) is 0.308. The van der Waals surface area contributed by atoms with Crippen molar-refractivity contribution in [3.05, 3.63) is 34.4 Å². The molecule has 1 heterocycles. The number of halogens is 2. The van der Waals surface area contributed by atoms with Gasteiger partial charge in [0.05, 0.1) is 6.61 Å². The Morgan fingerprint density at radius 3 is 2.85 bits per heavy atom. The van der Waals surface area contributed by atoms with E-state index in [9.17, 15) is 14.3 Å². The number of carbonyl (C=O) groups excluding carboxylic acids is 1. The van der Waals surface area contributed by atoms with Crippen molar-refractivity contribution < 1.29 is 19.0 Å². The van der Waals surface area contributed by atoms with Crippen LogP contribution in [0.5, 0.6) is 0 Å². The summed E-state index contributed by atoms with van der Waals surface area (Å²) in [5.74, 6) is -2.02. The smallest absolute Gasteiger partial charge is 0.343 e. The van der Waals surface area contributed by atoms with E-state index in [1.807, 2.05) is 0 Å². The van der Waals surface area contributed by atoms with Crippen LogP contribution in [0.15, 0.2) is 22.8 Å². The first-order valence-corrected chi connectivity index (χ1v) is 6.30. The summed E-state index contributed by atoms with van der Waals surface area (Å²) in [6, 6.07) is 0.976. The predicted molar refractivity (Wildman–Crippen MR) is 74.4 cm³/mol. The summed E-state index contributed by atoms with van der Waals surface area (Å²) >= 11 is 5.46. The molecule has 0 atom stereocenters. The average molecular weight is 301 g/mol. The Bertz CT molecular complexity index is 559. The molecule has 0 spiro atoms. The van der Waals surface area contributed by atoms with Crippen LogP contribution in [0.1, 0.15) is 19.4 Å². The maximum Gasteiger partial charge on any atom is 0.343 e. The molecule has 0 aliphatic heterocycles. The third-order valence-electron chi connectivity index (χ3n) is 2.22. The van der Waals surface area contributed by atoms with Gasteiger partial charge in [0.25, 0.3) is 0 Å². The van der Waals surface area contributed by atoms with Gasteiger partial charge in [0.1, 0.15) is 11.3 Å². The summed E-state index contributed by atoms with van der Waals surface area (Å²) in [5.41, 5.74) is -0.158. The second kappa shape index (κ2) is 7.59. The van der Waals surface area contributed by atoms with E-state index in [-0.39, 0.29) is 22.9 Å². The predicted octanol–water partition coefficient (Wildman–Crippen LogP) is 2.80. The van der Waals surface area contributed by atoms with Gasteiger partial charge >= 0.3 is 5.97 Å². The van der Waals surface area contributed by atoms with Gasteiger partial charge in [-0.3, -0.25) is 4.99 Å². The number of aromatic nitrogens is 1. The number of aliphatic hydroxyl groups is 1. The number of ether oxygens (including phenoxy) is 1. The lowest BCUT2D eigenvalue weighted by Gasteiger charge is -2.07. The Balaban J connectivity index is 3.27. The largest absolute Gasteiger partial charge is 0.506 e. The molecule has 1 rings (SSSR count). The molecule has 1 aromatic heterocycles. The van der Waals surface area contributed by atoms with Crippen LogP contribution < -0.4 is 0 Å². The van der Waals surface area contributed by atoms with Crippen molar-refractivity contribution in [2.45, 2.75) is 13.8 Å². The summed E-state index contributed by atoms with van der Waals surface area (Å²) in [5, 5.41) is 9.74. The van der Waals surface area contributed by atoms with Gasteiger partial charge in [-0.15, -0.1) is 0 Å². The molecule has 0 fully saturated rings. The Hall–Kier alpha value is -1.95. The first-order valence-electron chi connectivity index (χ1n) is 5.92. The van der Waals surface area contributed by atoms with E-state index in [2.05, 4.69) is 9.98 Å². The second-order valence-electron chi connectivity index (χ2n) is 3.61. The molecule has 7 heteroatoms. The third kappa shape index (κ3) is 4.03. The number of esters is 1. The highest BCUT2D eigenvalue weighted by atomic mass is 35.5. The normalized spacial score (nSPS) is 12.4. The van der Waals surface area contributed by atoms with Gasteiger partial charge < -0.3 is 9.84 Å². The molecule has 0 saturated carbocycles. The Kier molecular flexibility index (Phi) is 6.11. The first kappa shape index (κ1) is 16.1. The number of hydrogen-bond donors (Lipinski definition) is 1. The molecule has 0 saturated heterocycles. The molecule has 0 aliphatic rings. The van der Waals surface area contributed by atoms with Crippen LogP contribution in [-0.4, -0.2) is 35.4 Å². The lowest BCUT2D eigenvalue weighted by Crippen LogP contribution is -2.11. The topological polar surface area (TPSA) is 71.8 Å². The zero-order chi connectivity index (χ0) is 15.1. The van der Waals surface area contributed by atoms with Crippen LogP contribution in [0.2, 0.25) is 5.15 Å². The minimum absolute atomic E-state index is 0.0116. The zero-order valence-corrected chi connectivity index (χ0v) is 11.8. The summed E-state index contributed by atoms with van der Waals surface area (Å²) in [7, 11) is 0.